The molecule has 0 aromatic heterocycles. The fourth-order valence-electron chi connectivity index (χ4n) is 1.99. The lowest BCUT2D eigenvalue weighted by molar-refractivity contribution is -0.166. The molecular formula is C10H12N2O4. The number of aliphatic hydroxyl groups excluding tert-OH is 1. The van der Waals surface area contributed by atoms with Crippen LogP contribution in [-0.4, -0.2) is 26.7 Å². The van der Waals surface area contributed by atoms with E-state index in [1.165, 1.54) is 0 Å². The molecule has 0 fully saturated rings. The Labute approximate surface area is 91.7 Å². The van der Waals surface area contributed by atoms with Crippen molar-refractivity contribution in [3.8, 4) is 0 Å². The van der Waals surface area contributed by atoms with Crippen LogP contribution in [0.5, 0.6) is 0 Å². The molecule has 1 aromatic rings. The molecule has 0 heterocycles. The highest BCUT2D eigenvalue weighted by molar-refractivity contribution is 5.63. The van der Waals surface area contributed by atoms with Gasteiger partial charge in [0.1, 0.15) is 0 Å². The Bertz CT molecular complexity index is 410. The average molecular weight is 224 g/mol. The lowest BCUT2D eigenvalue weighted by Gasteiger charge is -2.21. The van der Waals surface area contributed by atoms with E-state index >= 15 is 0 Å². The van der Waals surface area contributed by atoms with Crippen LogP contribution < -0.4 is 5.43 Å². The molecule has 0 spiro atoms. The number of rotatable bonds is 2. The molecule has 0 bridgehead atoms. The van der Waals surface area contributed by atoms with E-state index in [4.69, 9.17) is 5.11 Å². The van der Waals surface area contributed by atoms with Gasteiger partial charge in [0, 0.05) is 6.42 Å². The molecule has 1 aromatic carbocycles. The van der Waals surface area contributed by atoms with E-state index in [-0.39, 0.29) is 6.42 Å². The van der Waals surface area contributed by atoms with E-state index < -0.39 is 18.2 Å². The van der Waals surface area contributed by atoms with Crippen molar-refractivity contribution in [2.24, 2.45) is 0 Å². The predicted octanol–water partition coefficient (Wildman–Crippen LogP) is 1.04. The van der Waals surface area contributed by atoms with Gasteiger partial charge in [0.2, 0.25) is 0 Å². The Hall–Kier alpha value is -1.63. The second kappa shape index (κ2) is 4.09. The summed E-state index contributed by atoms with van der Waals surface area (Å²) in [6.45, 7) is 0. The van der Waals surface area contributed by atoms with E-state index in [1.807, 2.05) is 5.43 Å². The zero-order valence-corrected chi connectivity index (χ0v) is 8.37. The number of aliphatic hydroxyl groups is 1. The maximum Gasteiger partial charge on any atom is 0.421 e. The third-order valence-corrected chi connectivity index (χ3v) is 2.67. The van der Waals surface area contributed by atoms with Gasteiger partial charge in [0.25, 0.3) is 0 Å². The quantitative estimate of drug-likeness (QED) is 0.563. The standard InChI is InChI=1S/C10H12N2O4/c13-9-5-8(12(16)11-10(14)15)6-3-1-2-4-7(6)9/h1-4,8-9,11,13,16H,5H2,(H,14,15). The number of hydrogen-bond acceptors (Lipinski definition) is 4. The smallest absolute Gasteiger partial charge is 0.421 e. The van der Waals surface area contributed by atoms with Crippen LogP contribution in [0.15, 0.2) is 24.3 Å². The average Bonchev–Trinajstić information content (AvgIpc) is 2.56. The summed E-state index contributed by atoms with van der Waals surface area (Å²) < 4.78 is 0. The first kappa shape index (κ1) is 10.9. The Kier molecular flexibility index (Phi) is 2.78. The minimum atomic E-state index is -1.35. The second-order valence-electron chi connectivity index (χ2n) is 3.66. The third-order valence-electron chi connectivity index (χ3n) is 2.67. The molecule has 0 saturated carbocycles. The summed E-state index contributed by atoms with van der Waals surface area (Å²) in [6.07, 6.45) is -1.76. The molecule has 1 amide bonds. The van der Waals surface area contributed by atoms with Crippen molar-refractivity contribution in [2.45, 2.75) is 18.6 Å². The van der Waals surface area contributed by atoms with Crippen molar-refractivity contribution in [3.63, 3.8) is 0 Å². The van der Waals surface area contributed by atoms with E-state index in [0.717, 1.165) is 11.1 Å². The summed E-state index contributed by atoms with van der Waals surface area (Å²) in [6, 6.07) is 6.52. The minimum absolute atomic E-state index is 0.260. The normalized spacial score (nSPS) is 23.2. The molecule has 6 nitrogen and oxygen atoms in total. The van der Waals surface area contributed by atoms with Crippen molar-refractivity contribution in [2.75, 3.05) is 0 Å². The number of nitrogens with one attached hydrogen (secondary N) is 1. The van der Waals surface area contributed by atoms with Crippen LogP contribution in [-0.2, 0) is 0 Å². The molecule has 2 rings (SSSR count). The van der Waals surface area contributed by atoms with Gasteiger partial charge in [0.15, 0.2) is 0 Å². The summed E-state index contributed by atoms with van der Waals surface area (Å²) in [4.78, 5) is 10.4. The SMILES string of the molecule is O=C(O)NN(O)C1CC(O)c2ccccc21. The first-order valence-electron chi connectivity index (χ1n) is 4.84. The zero-order chi connectivity index (χ0) is 11.7. The van der Waals surface area contributed by atoms with E-state index in [0.29, 0.717) is 5.17 Å². The first-order chi connectivity index (χ1) is 7.59. The monoisotopic (exact) mass is 224 g/mol. The van der Waals surface area contributed by atoms with E-state index in [9.17, 15) is 15.1 Å². The van der Waals surface area contributed by atoms with Crippen molar-refractivity contribution < 1.29 is 20.2 Å². The van der Waals surface area contributed by atoms with Gasteiger partial charge in [-0.05, 0) is 11.1 Å². The number of hydrazine groups is 1. The van der Waals surface area contributed by atoms with Gasteiger partial charge in [-0.2, -0.15) is 0 Å². The van der Waals surface area contributed by atoms with Crippen LogP contribution in [0.2, 0.25) is 0 Å². The van der Waals surface area contributed by atoms with Crippen LogP contribution in [0.3, 0.4) is 0 Å². The maximum atomic E-state index is 10.4. The largest absolute Gasteiger partial charge is 0.464 e. The Morgan fingerprint density at radius 2 is 2.00 bits per heavy atom. The van der Waals surface area contributed by atoms with Crippen LogP contribution in [0.4, 0.5) is 4.79 Å². The molecule has 2 unspecified atom stereocenters. The van der Waals surface area contributed by atoms with Crippen LogP contribution in [0.1, 0.15) is 29.7 Å². The number of carboxylic acid groups (broad SMARTS) is 1. The van der Waals surface area contributed by atoms with Crippen molar-refractivity contribution in [1.82, 2.24) is 10.6 Å². The van der Waals surface area contributed by atoms with Gasteiger partial charge in [-0.15, -0.1) is 0 Å². The second-order valence-corrected chi connectivity index (χ2v) is 3.66. The molecule has 0 saturated heterocycles. The number of hydrogen-bond donors (Lipinski definition) is 4. The van der Waals surface area contributed by atoms with Crippen molar-refractivity contribution in [3.05, 3.63) is 35.4 Å². The molecule has 6 heteroatoms. The van der Waals surface area contributed by atoms with Gasteiger partial charge in [-0.3, -0.25) is 5.21 Å². The van der Waals surface area contributed by atoms with Gasteiger partial charge in [-0.25, -0.2) is 10.2 Å². The maximum absolute atomic E-state index is 10.4. The zero-order valence-electron chi connectivity index (χ0n) is 8.37. The summed E-state index contributed by atoms with van der Waals surface area (Å²) in [5.41, 5.74) is 3.29. The van der Waals surface area contributed by atoms with Gasteiger partial charge in [0.05, 0.1) is 12.1 Å². The van der Waals surface area contributed by atoms with Gasteiger partial charge >= 0.3 is 6.09 Å². The number of carbonyl (C=O) groups is 1. The number of nitrogens with zero attached hydrogens (tertiary/aromatic N) is 1. The van der Waals surface area contributed by atoms with Crippen LogP contribution in [0, 0.1) is 0 Å². The lowest BCUT2D eigenvalue weighted by Crippen LogP contribution is -2.40. The minimum Gasteiger partial charge on any atom is -0.464 e. The topological polar surface area (TPSA) is 93.0 Å². The lowest BCUT2D eigenvalue weighted by atomic mass is 10.1. The highest BCUT2D eigenvalue weighted by Gasteiger charge is 2.33. The fourth-order valence-corrected chi connectivity index (χ4v) is 1.99. The number of amides is 1. The summed E-state index contributed by atoms with van der Waals surface area (Å²) >= 11 is 0. The molecule has 0 radical (unpaired) electrons. The molecule has 4 N–H and O–H groups in total. The first-order valence-corrected chi connectivity index (χ1v) is 4.84. The van der Waals surface area contributed by atoms with Gasteiger partial charge in [-0.1, -0.05) is 29.4 Å². The highest BCUT2D eigenvalue weighted by atomic mass is 16.6. The molecule has 2 atom stereocenters. The predicted molar refractivity (Wildman–Crippen MR) is 53.5 cm³/mol. The summed E-state index contributed by atoms with van der Waals surface area (Å²) in [5.74, 6) is 0. The van der Waals surface area contributed by atoms with E-state index in [2.05, 4.69) is 0 Å². The molecule has 86 valence electrons. The molecule has 1 aliphatic carbocycles. The Morgan fingerprint density at radius 1 is 1.38 bits per heavy atom. The van der Waals surface area contributed by atoms with Crippen LogP contribution in [0.25, 0.3) is 0 Å². The fraction of sp³-hybridized carbons (Fsp3) is 0.300. The van der Waals surface area contributed by atoms with Crippen molar-refractivity contribution in [1.29, 1.82) is 0 Å². The summed E-state index contributed by atoms with van der Waals surface area (Å²) in [5, 5.41) is 28.2. The Morgan fingerprint density at radius 3 is 2.62 bits per heavy atom. The molecule has 1 aliphatic rings. The molecule has 16 heavy (non-hydrogen) atoms. The summed E-state index contributed by atoms with van der Waals surface area (Å²) in [7, 11) is 0. The Balaban J connectivity index is 2.23. The third kappa shape index (κ3) is 1.85. The highest BCUT2D eigenvalue weighted by Crippen LogP contribution is 2.40. The number of benzene rings is 1. The number of hydroxylamine groups is 1. The van der Waals surface area contributed by atoms with Crippen molar-refractivity contribution >= 4 is 6.09 Å². The van der Waals surface area contributed by atoms with Crippen LogP contribution >= 0.6 is 0 Å². The van der Waals surface area contributed by atoms with Gasteiger partial charge < -0.3 is 10.2 Å². The molecular weight excluding hydrogens is 212 g/mol. The number of fused-ring (bicyclic) bond motifs is 1. The molecule has 0 aliphatic heterocycles. The van der Waals surface area contributed by atoms with E-state index in [1.54, 1.807) is 24.3 Å².